The minimum Gasteiger partial charge on any atom is -0.490 e. The Bertz CT molecular complexity index is 904. The molecule has 0 aromatic heterocycles. The highest BCUT2D eigenvalue weighted by Crippen LogP contribution is 2.38. The van der Waals surface area contributed by atoms with E-state index in [9.17, 15) is 4.79 Å². The molecule has 1 amide bonds. The second-order valence-corrected chi connectivity index (χ2v) is 7.09. The van der Waals surface area contributed by atoms with E-state index in [2.05, 4.69) is 6.58 Å². The molecule has 2 aliphatic heterocycles. The third-order valence-electron chi connectivity index (χ3n) is 5.15. The van der Waals surface area contributed by atoms with Crippen LogP contribution in [0.1, 0.15) is 30.0 Å². The minimum atomic E-state index is 0.0226. The molecule has 5 heteroatoms. The fraction of sp³-hybridized carbons (Fsp3) is 0.292. The number of nitrogens with zero attached hydrogens (tertiary/aromatic N) is 1. The number of fused-ring (bicyclic) bond motifs is 1. The summed E-state index contributed by atoms with van der Waals surface area (Å²) in [6.07, 6.45) is 7.15. The van der Waals surface area contributed by atoms with Crippen LogP contribution in [0.3, 0.4) is 0 Å². The van der Waals surface area contributed by atoms with Gasteiger partial charge >= 0.3 is 0 Å². The van der Waals surface area contributed by atoms with E-state index in [1.54, 1.807) is 12.2 Å². The molecule has 5 nitrogen and oxygen atoms in total. The number of ether oxygens (including phenoxy) is 3. The summed E-state index contributed by atoms with van der Waals surface area (Å²) in [4.78, 5) is 14.8. The number of hydrogen-bond donors (Lipinski definition) is 0. The van der Waals surface area contributed by atoms with Crippen molar-refractivity contribution >= 4 is 12.0 Å². The van der Waals surface area contributed by atoms with Crippen LogP contribution in [0.2, 0.25) is 0 Å². The number of carbonyl (C=O) groups is 1. The molecule has 0 N–H and O–H groups in total. The molecule has 1 unspecified atom stereocenters. The van der Waals surface area contributed by atoms with Crippen molar-refractivity contribution in [2.75, 3.05) is 26.4 Å². The molecule has 0 radical (unpaired) electrons. The Balaban J connectivity index is 1.43. The first kappa shape index (κ1) is 19.1. The average molecular weight is 391 g/mol. The van der Waals surface area contributed by atoms with E-state index in [0.29, 0.717) is 19.8 Å². The maximum Gasteiger partial charge on any atom is 0.247 e. The van der Waals surface area contributed by atoms with Crippen molar-refractivity contribution in [2.45, 2.75) is 18.9 Å². The Kier molecular flexibility index (Phi) is 5.84. The highest BCUT2D eigenvalue weighted by molar-refractivity contribution is 5.92. The van der Waals surface area contributed by atoms with Crippen molar-refractivity contribution in [3.63, 3.8) is 0 Å². The Hall–Kier alpha value is -3.21. The molecule has 2 heterocycles. The van der Waals surface area contributed by atoms with E-state index in [1.807, 2.05) is 53.4 Å². The smallest absolute Gasteiger partial charge is 0.247 e. The van der Waals surface area contributed by atoms with Gasteiger partial charge in [0.25, 0.3) is 0 Å². The lowest BCUT2D eigenvalue weighted by molar-refractivity contribution is -0.126. The van der Waals surface area contributed by atoms with Crippen molar-refractivity contribution in [3.05, 3.63) is 72.3 Å². The van der Waals surface area contributed by atoms with E-state index >= 15 is 0 Å². The van der Waals surface area contributed by atoms with Gasteiger partial charge in [-0.15, -0.1) is 0 Å². The molecule has 0 spiro atoms. The van der Waals surface area contributed by atoms with Gasteiger partial charge < -0.3 is 19.1 Å². The summed E-state index contributed by atoms with van der Waals surface area (Å²) >= 11 is 0. The van der Waals surface area contributed by atoms with Crippen molar-refractivity contribution in [3.8, 4) is 17.2 Å². The molecule has 150 valence electrons. The summed E-state index contributed by atoms with van der Waals surface area (Å²) in [6, 6.07) is 13.7. The van der Waals surface area contributed by atoms with Crippen LogP contribution in [0.5, 0.6) is 17.2 Å². The number of hydrogen-bond acceptors (Lipinski definition) is 4. The maximum absolute atomic E-state index is 12.8. The van der Waals surface area contributed by atoms with E-state index < -0.39 is 0 Å². The molecule has 0 bridgehead atoms. The summed E-state index contributed by atoms with van der Waals surface area (Å²) in [5.41, 5.74) is 2.05. The standard InChI is InChI=1S/C24H25NO4/c1-2-14-27-20-9-5-18(6-10-20)7-12-24(26)25-13-3-4-21(25)19-8-11-22-23(17-19)29-16-15-28-22/h2,5-12,17,21H,1,3-4,13-16H2/b12-7+. The molecule has 1 atom stereocenters. The zero-order valence-corrected chi connectivity index (χ0v) is 16.4. The van der Waals surface area contributed by atoms with Crippen LogP contribution >= 0.6 is 0 Å². The highest BCUT2D eigenvalue weighted by Gasteiger charge is 2.29. The van der Waals surface area contributed by atoms with Crippen LogP contribution in [-0.2, 0) is 4.79 Å². The van der Waals surface area contributed by atoms with Crippen LogP contribution < -0.4 is 14.2 Å². The van der Waals surface area contributed by atoms with Crippen molar-refractivity contribution in [1.82, 2.24) is 4.90 Å². The molecular weight excluding hydrogens is 366 g/mol. The summed E-state index contributed by atoms with van der Waals surface area (Å²) in [5, 5.41) is 0. The maximum atomic E-state index is 12.8. The van der Waals surface area contributed by atoms with Gasteiger partial charge in [0.1, 0.15) is 25.6 Å². The predicted octanol–water partition coefficient (Wildman–Crippen LogP) is 4.40. The van der Waals surface area contributed by atoms with E-state index in [1.165, 1.54) is 0 Å². The van der Waals surface area contributed by atoms with Crippen LogP contribution in [0.4, 0.5) is 0 Å². The number of likely N-dealkylation sites (tertiary alicyclic amines) is 1. The fourth-order valence-electron chi connectivity index (χ4n) is 3.74. The first-order valence-electron chi connectivity index (χ1n) is 9.96. The van der Waals surface area contributed by atoms with E-state index in [0.717, 1.165) is 47.8 Å². The Morgan fingerprint density at radius 1 is 1.14 bits per heavy atom. The van der Waals surface area contributed by atoms with Gasteiger partial charge in [0.2, 0.25) is 5.91 Å². The zero-order chi connectivity index (χ0) is 20.1. The highest BCUT2D eigenvalue weighted by atomic mass is 16.6. The molecule has 4 rings (SSSR count). The third kappa shape index (κ3) is 4.45. The van der Waals surface area contributed by atoms with Gasteiger partial charge in [-0.1, -0.05) is 30.9 Å². The van der Waals surface area contributed by atoms with Gasteiger partial charge in [-0.05, 0) is 54.3 Å². The third-order valence-corrected chi connectivity index (χ3v) is 5.15. The van der Waals surface area contributed by atoms with Crippen molar-refractivity contribution in [1.29, 1.82) is 0 Å². The number of benzene rings is 2. The quantitative estimate of drug-likeness (QED) is 0.541. The normalized spacial score (nSPS) is 18.1. The van der Waals surface area contributed by atoms with Crippen molar-refractivity contribution < 1.29 is 19.0 Å². The molecule has 2 aromatic carbocycles. The first-order valence-corrected chi connectivity index (χ1v) is 9.96. The van der Waals surface area contributed by atoms with Crippen LogP contribution in [-0.4, -0.2) is 37.2 Å². The molecule has 1 fully saturated rings. The Morgan fingerprint density at radius 2 is 1.93 bits per heavy atom. The lowest BCUT2D eigenvalue weighted by Crippen LogP contribution is -2.29. The lowest BCUT2D eigenvalue weighted by atomic mass is 10.0. The van der Waals surface area contributed by atoms with Gasteiger partial charge in [0, 0.05) is 12.6 Å². The number of carbonyl (C=O) groups excluding carboxylic acids is 1. The molecule has 2 aromatic rings. The zero-order valence-electron chi connectivity index (χ0n) is 16.4. The Labute approximate surface area is 171 Å². The lowest BCUT2D eigenvalue weighted by Gasteiger charge is -2.26. The molecule has 1 saturated heterocycles. The van der Waals surface area contributed by atoms with E-state index in [4.69, 9.17) is 14.2 Å². The van der Waals surface area contributed by atoms with Crippen LogP contribution in [0, 0.1) is 0 Å². The Morgan fingerprint density at radius 3 is 2.72 bits per heavy atom. The molecule has 0 aliphatic carbocycles. The van der Waals surface area contributed by atoms with Gasteiger partial charge in [-0.2, -0.15) is 0 Å². The monoisotopic (exact) mass is 391 g/mol. The molecular formula is C24H25NO4. The largest absolute Gasteiger partial charge is 0.490 e. The first-order chi connectivity index (χ1) is 14.2. The molecule has 0 saturated carbocycles. The van der Waals surface area contributed by atoms with Gasteiger partial charge in [-0.3, -0.25) is 4.79 Å². The second kappa shape index (κ2) is 8.86. The molecule has 2 aliphatic rings. The topological polar surface area (TPSA) is 48.0 Å². The summed E-state index contributed by atoms with van der Waals surface area (Å²) in [7, 11) is 0. The summed E-state index contributed by atoms with van der Waals surface area (Å²) < 4.78 is 16.8. The molecule has 29 heavy (non-hydrogen) atoms. The SMILES string of the molecule is C=CCOc1ccc(/C=C/C(=O)N2CCCC2c2ccc3c(c2)OCCO3)cc1. The number of rotatable bonds is 6. The predicted molar refractivity (Wildman–Crippen MR) is 112 cm³/mol. The number of amides is 1. The van der Waals surface area contributed by atoms with Gasteiger partial charge in [0.05, 0.1) is 6.04 Å². The van der Waals surface area contributed by atoms with Gasteiger partial charge in [-0.25, -0.2) is 0 Å². The van der Waals surface area contributed by atoms with E-state index in [-0.39, 0.29) is 11.9 Å². The minimum absolute atomic E-state index is 0.0226. The van der Waals surface area contributed by atoms with Crippen LogP contribution in [0.25, 0.3) is 6.08 Å². The average Bonchev–Trinajstić information content (AvgIpc) is 3.26. The summed E-state index contributed by atoms with van der Waals surface area (Å²) in [5.74, 6) is 2.35. The van der Waals surface area contributed by atoms with Crippen molar-refractivity contribution in [2.24, 2.45) is 0 Å². The second-order valence-electron chi connectivity index (χ2n) is 7.09. The van der Waals surface area contributed by atoms with Crippen LogP contribution in [0.15, 0.2) is 61.2 Å². The summed E-state index contributed by atoms with van der Waals surface area (Å²) in [6.45, 7) is 6.01. The fourth-order valence-corrected chi connectivity index (χ4v) is 3.74. The van der Waals surface area contributed by atoms with Gasteiger partial charge in [0.15, 0.2) is 11.5 Å².